The van der Waals surface area contributed by atoms with Gasteiger partial charge in [-0.3, -0.25) is 0 Å². The van der Waals surface area contributed by atoms with E-state index in [9.17, 15) is 0 Å². The van der Waals surface area contributed by atoms with Crippen LogP contribution in [0, 0.1) is 13.8 Å². The van der Waals surface area contributed by atoms with Gasteiger partial charge >= 0.3 is 0 Å². The lowest BCUT2D eigenvalue weighted by atomic mass is 9.86. The van der Waals surface area contributed by atoms with Crippen LogP contribution in [0.3, 0.4) is 0 Å². The molecule has 2 aromatic carbocycles. The molecule has 20 heavy (non-hydrogen) atoms. The van der Waals surface area contributed by atoms with Gasteiger partial charge in [0, 0.05) is 18.2 Å². The van der Waals surface area contributed by atoms with Crippen LogP contribution in [0.25, 0.3) is 0 Å². The summed E-state index contributed by atoms with van der Waals surface area (Å²) in [5.74, 6) is 1.46. The van der Waals surface area contributed by atoms with Crippen molar-refractivity contribution in [2.24, 2.45) is 0 Å². The van der Waals surface area contributed by atoms with Crippen LogP contribution in [0.5, 0.6) is 5.75 Å². The summed E-state index contributed by atoms with van der Waals surface area (Å²) in [5.41, 5.74) is 6.85. The minimum atomic E-state index is 0.537. The second kappa shape index (κ2) is 5.20. The molecule has 1 heterocycles. The fourth-order valence-corrected chi connectivity index (χ4v) is 3.14. The summed E-state index contributed by atoms with van der Waals surface area (Å²) in [5, 5.41) is 3.60. The van der Waals surface area contributed by atoms with Crippen LogP contribution in [0.15, 0.2) is 36.4 Å². The predicted octanol–water partition coefficient (Wildman–Crippen LogP) is 4.06. The first-order valence-corrected chi connectivity index (χ1v) is 7.15. The highest BCUT2D eigenvalue weighted by Gasteiger charge is 2.21. The van der Waals surface area contributed by atoms with Crippen molar-refractivity contribution in [3.05, 3.63) is 58.7 Å². The number of aryl methyl sites for hydroxylation is 2. The molecule has 2 aromatic rings. The van der Waals surface area contributed by atoms with Gasteiger partial charge in [0.15, 0.2) is 0 Å². The van der Waals surface area contributed by atoms with Crippen molar-refractivity contribution in [2.45, 2.75) is 26.2 Å². The monoisotopic (exact) mass is 267 g/mol. The van der Waals surface area contributed by atoms with E-state index in [1.54, 1.807) is 7.11 Å². The third-order valence-electron chi connectivity index (χ3n) is 4.14. The normalized spacial score (nSPS) is 17.2. The van der Waals surface area contributed by atoms with Crippen molar-refractivity contribution in [2.75, 3.05) is 19.0 Å². The zero-order valence-corrected chi connectivity index (χ0v) is 12.4. The zero-order valence-electron chi connectivity index (χ0n) is 12.4. The molecule has 0 aromatic heterocycles. The number of ether oxygens (including phenoxy) is 1. The number of rotatable bonds is 2. The maximum Gasteiger partial charge on any atom is 0.118 e. The first-order chi connectivity index (χ1) is 9.67. The molecule has 0 amide bonds. The number of hydrogen-bond donors (Lipinski definition) is 1. The van der Waals surface area contributed by atoms with E-state index < -0.39 is 0 Å². The third kappa shape index (κ3) is 2.38. The smallest absolute Gasteiger partial charge is 0.118 e. The molecule has 2 nitrogen and oxygen atoms in total. The second-order valence-corrected chi connectivity index (χ2v) is 5.67. The van der Waals surface area contributed by atoms with E-state index in [4.69, 9.17) is 4.74 Å². The molecule has 1 aliphatic heterocycles. The molecule has 0 spiro atoms. The lowest BCUT2D eigenvalue weighted by molar-refractivity contribution is 0.414. The van der Waals surface area contributed by atoms with Gasteiger partial charge in [-0.1, -0.05) is 29.8 Å². The Bertz CT molecular complexity index is 616. The van der Waals surface area contributed by atoms with Crippen molar-refractivity contribution in [1.82, 2.24) is 0 Å². The topological polar surface area (TPSA) is 21.3 Å². The largest absolute Gasteiger partial charge is 0.497 e. The van der Waals surface area contributed by atoms with Crippen molar-refractivity contribution in [3.8, 4) is 5.75 Å². The van der Waals surface area contributed by atoms with Crippen LogP contribution in [-0.2, 0) is 6.42 Å². The van der Waals surface area contributed by atoms with Gasteiger partial charge in [0.1, 0.15) is 5.75 Å². The Labute approximate surface area is 120 Å². The van der Waals surface area contributed by atoms with Gasteiger partial charge in [-0.25, -0.2) is 0 Å². The standard InChI is InChI=1S/C18H21NO/c1-12-8-13(2)18-15(9-12)10-16(11-19-18)14-4-6-17(20-3)7-5-14/h4-9,16,19H,10-11H2,1-3H3. The van der Waals surface area contributed by atoms with E-state index in [0.717, 1.165) is 18.7 Å². The van der Waals surface area contributed by atoms with Crippen molar-refractivity contribution < 1.29 is 4.74 Å². The summed E-state index contributed by atoms with van der Waals surface area (Å²) < 4.78 is 5.23. The first kappa shape index (κ1) is 13.0. The Kier molecular flexibility index (Phi) is 3.39. The zero-order chi connectivity index (χ0) is 14.1. The highest BCUT2D eigenvalue weighted by Crippen LogP contribution is 2.33. The molecule has 1 unspecified atom stereocenters. The van der Waals surface area contributed by atoms with Gasteiger partial charge in [0.2, 0.25) is 0 Å². The third-order valence-corrected chi connectivity index (χ3v) is 4.14. The van der Waals surface area contributed by atoms with Gasteiger partial charge in [0.05, 0.1) is 7.11 Å². The van der Waals surface area contributed by atoms with Crippen LogP contribution in [0.1, 0.15) is 28.2 Å². The molecule has 0 radical (unpaired) electrons. The molecule has 0 bridgehead atoms. The van der Waals surface area contributed by atoms with Crippen LogP contribution in [-0.4, -0.2) is 13.7 Å². The lowest BCUT2D eigenvalue weighted by Crippen LogP contribution is -2.22. The van der Waals surface area contributed by atoms with E-state index >= 15 is 0 Å². The van der Waals surface area contributed by atoms with Gasteiger partial charge < -0.3 is 10.1 Å². The molecule has 1 N–H and O–H groups in total. The first-order valence-electron chi connectivity index (χ1n) is 7.15. The molecule has 0 fully saturated rings. The minimum absolute atomic E-state index is 0.537. The fraction of sp³-hybridized carbons (Fsp3) is 0.333. The van der Waals surface area contributed by atoms with Crippen LogP contribution < -0.4 is 10.1 Å². The van der Waals surface area contributed by atoms with Gasteiger partial charge in [0.25, 0.3) is 0 Å². The number of fused-ring (bicyclic) bond motifs is 1. The molecule has 3 rings (SSSR count). The quantitative estimate of drug-likeness (QED) is 0.885. The maximum absolute atomic E-state index is 5.23. The molecule has 0 saturated heterocycles. The molecule has 104 valence electrons. The highest BCUT2D eigenvalue weighted by atomic mass is 16.5. The lowest BCUT2D eigenvalue weighted by Gasteiger charge is -2.28. The minimum Gasteiger partial charge on any atom is -0.497 e. The average Bonchev–Trinajstić information content (AvgIpc) is 2.46. The van der Waals surface area contributed by atoms with Gasteiger partial charge in [-0.05, 0) is 49.1 Å². The van der Waals surface area contributed by atoms with Crippen molar-refractivity contribution >= 4 is 5.69 Å². The van der Waals surface area contributed by atoms with Gasteiger partial charge in [-0.2, -0.15) is 0 Å². The number of anilines is 1. The van der Waals surface area contributed by atoms with E-state index in [1.807, 2.05) is 12.1 Å². The highest BCUT2D eigenvalue weighted by molar-refractivity contribution is 5.61. The number of benzene rings is 2. The van der Waals surface area contributed by atoms with Crippen LogP contribution in [0.2, 0.25) is 0 Å². The van der Waals surface area contributed by atoms with E-state index in [1.165, 1.54) is 27.9 Å². The summed E-state index contributed by atoms with van der Waals surface area (Å²) in [4.78, 5) is 0. The summed E-state index contributed by atoms with van der Waals surface area (Å²) in [6.07, 6.45) is 1.11. The van der Waals surface area contributed by atoms with E-state index in [0.29, 0.717) is 5.92 Å². The Morgan fingerprint density at radius 3 is 2.55 bits per heavy atom. The summed E-state index contributed by atoms with van der Waals surface area (Å²) in [6, 6.07) is 13.0. The molecule has 1 atom stereocenters. The molecule has 0 saturated carbocycles. The Morgan fingerprint density at radius 1 is 1.10 bits per heavy atom. The summed E-state index contributed by atoms with van der Waals surface area (Å²) in [7, 11) is 1.71. The number of nitrogens with one attached hydrogen (secondary N) is 1. The SMILES string of the molecule is COc1ccc(C2CNc3c(C)cc(C)cc3C2)cc1. The van der Waals surface area contributed by atoms with Crippen molar-refractivity contribution in [3.63, 3.8) is 0 Å². The second-order valence-electron chi connectivity index (χ2n) is 5.67. The predicted molar refractivity (Wildman–Crippen MR) is 83.8 cm³/mol. The Hall–Kier alpha value is -1.96. The van der Waals surface area contributed by atoms with Crippen LogP contribution in [0.4, 0.5) is 5.69 Å². The van der Waals surface area contributed by atoms with Crippen LogP contribution >= 0.6 is 0 Å². The Balaban J connectivity index is 1.87. The molecular weight excluding hydrogens is 246 g/mol. The molecule has 0 aliphatic carbocycles. The average molecular weight is 267 g/mol. The molecule has 1 aliphatic rings. The van der Waals surface area contributed by atoms with Crippen molar-refractivity contribution in [1.29, 1.82) is 0 Å². The molecule has 2 heteroatoms. The maximum atomic E-state index is 5.23. The fourth-order valence-electron chi connectivity index (χ4n) is 3.14. The number of hydrogen-bond acceptors (Lipinski definition) is 2. The summed E-state index contributed by atoms with van der Waals surface area (Å²) >= 11 is 0. The van der Waals surface area contributed by atoms with Gasteiger partial charge in [-0.15, -0.1) is 0 Å². The molecular formula is C18H21NO. The number of methoxy groups -OCH3 is 1. The Morgan fingerprint density at radius 2 is 1.85 bits per heavy atom. The van der Waals surface area contributed by atoms with E-state index in [-0.39, 0.29) is 0 Å². The summed E-state index contributed by atoms with van der Waals surface area (Å²) in [6.45, 7) is 5.36. The van der Waals surface area contributed by atoms with E-state index in [2.05, 4.69) is 43.4 Å².